The highest BCUT2D eigenvalue weighted by molar-refractivity contribution is 6.04. The molecule has 0 aliphatic heterocycles. The van der Waals surface area contributed by atoms with Gasteiger partial charge in [0.25, 0.3) is 0 Å². The largest absolute Gasteiger partial charge is 0.419 e. The van der Waals surface area contributed by atoms with Gasteiger partial charge < -0.3 is 4.42 Å². The van der Waals surface area contributed by atoms with Crippen molar-refractivity contribution in [2.24, 2.45) is 5.92 Å². The van der Waals surface area contributed by atoms with Gasteiger partial charge in [0.15, 0.2) is 11.4 Å². The second-order valence-corrected chi connectivity index (χ2v) is 11.5. The zero-order valence-corrected chi connectivity index (χ0v) is 23.3. The Morgan fingerprint density at radius 2 is 1.41 bits per heavy atom. The van der Waals surface area contributed by atoms with Crippen molar-refractivity contribution in [3.63, 3.8) is 0 Å². The number of rotatable bonds is 14. The van der Waals surface area contributed by atoms with Crippen LogP contribution in [-0.4, -0.2) is 0 Å². The number of hydrogen-bond donors (Lipinski definition) is 0. The first-order valence-electron chi connectivity index (χ1n) is 15.3. The minimum Gasteiger partial charge on any atom is -0.419 e. The summed E-state index contributed by atoms with van der Waals surface area (Å²) in [5, 5.41) is 2.10. The van der Waals surface area contributed by atoms with Crippen LogP contribution in [0.3, 0.4) is 0 Å². The molecule has 2 aromatic carbocycles. The molecule has 1 fully saturated rings. The van der Waals surface area contributed by atoms with Crippen LogP contribution >= 0.6 is 0 Å². The van der Waals surface area contributed by atoms with Gasteiger partial charge in [0.05, 0.1) is 5.39 Å². The van der Waals surface area contributed by atoms with Gasteiger partial charge in [0.1, 0.15) is 0 Å². The predicted octanol–water partition coefficient (Wildman–Crippen LogP) is 10.6. The molecular weight excluding hydrogens is 459 g/mol. The normalized spacial score (nSPS) is 18.1. The van der Waals surface area contributed by atoms with Crippen molar-refractivity contribution in [2.75, 3.05) is 0 Å². The summed E-state index contributed by atoms with van der Waals surface area (Å²) < 4.78 is 20.8. The molecular formula is C34H47FO2. The summed E-state index contributed by atoms with van der Waals surface area (Å²) in [7, 11) is 0. The Hall–Kier alpha value is -2.16. The van der Waals surface area contributed by atoms with Crippen LogP contribution in [0.15, 0.2) is 39.5 Å². The van der Waals surface area contributed by atoms with E-state index in [9.17, 15) is 4.79 Å². The molecule has 0 amide bonds. The predicted molar refractivity (Wildman–Crippen MR) is 155 cm³/mol. The third kappa shape index (κ3) is 7.24. The summed E-state index contributed by atoms with van der Waals surface area (Å²) in [6.07, 6.45) is 21.1. The van der Waals surface area contributed by atoms with Crippen molar-refractivity contribution in [1.82, 2.24) is 0 Å². The number of unbranched alkanes of at least 4 members (excludes halogenated alkanes) is 9. The van der Waals surface area contributed by atoms with Crippen LogP contribution in [0.4, 0.5) is 4.39 Å². The molecule has 0 saturated heterocycles. The van der Waals surface area contributed by atoms with E-state index in [2.05, 4.69) is 19.9 Å². The van der Waals surface area contributed by atoms with Crippen LogP contribution in [0.25, 0.3) is 21.7 Å². The standard InChI is InChI=1S/C34H47FO2/c1-3-5-7-9-10-11-12-14-25-16-18-26(19-17-25)28-21-22-29-30-23-20-27(15-13-8-6-4-2)32(35)33(30)37-34(36)31(29)24-28/h20-26H,3-19H2,1-2H3. The van der Waals surface area contributed by atoms with Crippen LogP contribution in [0.5, 0.6) is 0 Å². The zero-order valence-electron chi connectivity index (χ0n) is 23.3. The molecule has 2 nitrogen and oxygen atoms in total. The minimum absolute atomic E-state index is 0.115. The summed E-state index contributed by atoms with van der Waals surface area (Å²) in [6.45, 7) is 4.45. The molecule has 0 bridgehead atoms. The van der Waals surface area contributed by atoms with Crippen LogP contribution < -0.4 is 5.63 Å². The van der Waals surface area contributed by atoms with Gasteiger partial charge in [-0.1, -0.05) is 109 Å². The van der Waals surface area contributed by atoms with Crippen LogP contribution in [0, 0.1) is 11.7 Å². The smallest absolute Gasteiger partial charge is 0.344 e. The maximum absolute atomic E-state index is 15.2. The molecule has 1 aliphatic carbocycles. The van der Waals surface area contributed by atoms with Gasteiger partial charge in [-0.3, -0.25) is 0 Å². The Labute approximate surface area is 223 Å². The Balaban J connectivity index is 1.38. The first kappa shape index (κ1) is 27.9. The second kappa shape index (κ2) is 14.1. The van der Waals surface area contributed by atoms with Gasteiger partial charge in [-0.2, -0.15) is 0 Å². The zero-order chi connectivity index (χ0) is 26.0. The van der Waals surface area contributed by atoms with E-state index in [4.69, 9.17) is 4.42 Å². The van der Waals surface area contributed by atoms with Crippen molar-refractivity contribution in [3.8, 4) is 0 Å². The Bertz CT molecular complexity index is 1190. The van der Waals surface area contributed by atoms with Crippen LogP contribution in [0.1, 0.15) is 134 Å². The molecule has 202 valence electrons. The van der Waals surface area contributed by atoms with E-state index < -0.39 is 5.63 Å². The molecule has 0 unspecified atom stereocenters. The van der Waals surface area contributed by atoms with E-state index in [1.165, 1.54) is 82.6 Å². The number of aryl methyl sites for hydroxylation is 1. The fourth-order valence-electron chi connectivity index (χ4n) is 6.39. The highest BCUT2D eigenvalue weighted by atomic mass is 19.1. The molecule has 1 saturated carbocycles. The molecule has 1 aromatic heterocycles. The van der Waals surface area contributed by atoms with Gasteiger partial charge in [-0.15, -0.1) is 0 Å². The molecule has 1 aliphatic rings. The van der Waals surface area contributed by atoms with Crippen molar-refractivity contribution in [3.05, 3.63) is 57.7 Å². The monoisotopic (exact) mass is 506 g/mol. The Morgan fingerprint density at radius 1 is 0.757 bits per heavy atom. The lowest BCUT2D eigenvalue weighted by Crippen LogP contribution is -2.14. The van der Waals surface area contributed by atoms with Gasteiger partial charge in [0.2, 0.25) is 0 Å². The van der Waals surface area contributed by atoms with E-state index >= 15 is 4.39 Å². The summed E-state index contributed by atoms with van der Waals surface area (Å²) in [5.41, 5.74) is 1.58. The minimum atomic E-state index is -0.418. The van der Waals surface area contributed by atoms with E-state index in [1.807, 2.05) is 24.3 Å². The summed E-state index contributed by atoms with van der Waals surface area (Å²) in [4.78, 5) is 12.9. The Morgan fingerprint density at radius 3 is 2.14 bits per heavy atom. The lowest BCUT2D eigenvalue weighted by atomic mass is 9.76. The number of hydrogen-bond acceptors (Lipinski definition) is 2. The maximum Gasteiger partial charge on any atom is 0.344 e. The average molecular weight is 507 g/mol. The maximum atomic E-state index is 15.2. The number of benzene rings is 2. The van der Waals surface area contributed by atoms with E-state index in [0.717, 1.165) is 37.0 Å². The number of halogens is 1. The van der Waals surface area contributed by atoms with Gasteiger partial charge in [-0.25, -0.2) is 9.18 Å². The lowest BCUT2D eigenvalue weighted by Gasteiger charge is -2.29. The molecule has 1 heterocycles. The van der Waals surface area contributed by atoms with E-state index in [0.29, 0.717) is 28.7 Å². The SMILES string of the molecule is CCCCCCCCCC1CCC(c2ccc3c(c2)c(=O)oc2c(F)c(CCCCCC)ccc23)CC1. The molecule has 3 heteroatoms. The molecule has 4 rings (SSSR count). The van der Waals surface area contributed by atoms with Crippen LogP contribution in [0.2, 0.25) is 0 Å². The van der Waals surface area contributed by atoms with Gasteiger partial charge >= 0.3 is 5.63 Å². The molecule has 0 radical (unpaired) electrons. The van der Waals surface area contributed by atoms with Gasteiger partial charge in [0, 0.05) is 10.8 Å². The fourth-order valence-corrected chi connectivity index (χ4v) is 6.39. The first-order chi connectivity index (χ1) is 18.1. The topological polar surface area (TPSA) is 30.2 Å². The van der Waals surface area contributed by atoms with Crippen molar-refractivity contribution >= 4 is 21.7 Å². The van der Waals surface area contributed by atoms with E-state index in [1.54, 1.807) is 0 Å². The van der Waals surface area contributed by atoms with Crippen LogP contribution in [-0.2, 0) is 6.42 Å². The van der Waals surface area contributed by atoms with Crippen molar-refractivity contribution < 1.29 is 8.81 Å². The third-order valence-electron chi connectivity index (χ3n) is 8.76. The lowest BCUT2D eigenvalue weighted by molar-refractivity contribution is 0.302. The van der Waals surface area contributed by atoms with E-state index in [-0.39, 0.29) is 11.4 Å². The quantitative estimate of drug-likeness (QED) is 0.124. The summed E-state index contributed by atoms with van der Waals surface area (Å²) >= 11 is 0. The third-order valence-corrected chi connectivity index (χ3v) is 8.76. The van der Waals surface area contributed by atoms with Crippen molar-refractivity contribution in [1.29, 1.82) is 0 Å². The Kier molecular flexibility index (Phi) is 10.6. The second-order valence-electron chi connectivity index (χ2n) is 11.5. The first-order valence-corrected chi connectivity index (χ1v) is 15.3. The molecule has 0 atom stereocenters. The van der Waals surface area contributed by atoms with Crippen molar-refractivity contribution in [2.45, 2.75) is 129 Å². The fraction of sp³-hybridized carbons (Fsp3) is 0.618. The average Bonchev–Trinajstić information content (AvgIpc) is 2.92. The molecule has 3 aromatic rings. The highest BCUT2D eigenvalue weighted by Gasteiger charge is 2.23. The van der Waals surface area contributed by atoms with Gasteiger partial charge in [-0.05, 0) is 67.6 Å². The number of fused-ring (bicyclic) bond motifs is 3. The summed E-state index contributed by atoms with van der Waals surface area (Å²) in [5.74, 6) is 1.00. The highest BCUT2D eigenvalue weighted by Crippen LogP contribution is 2.39. The molecule has 0 spiro atoms. The molecule has 0 N–H and O–H groups in total. The summed E-state index contributed by atoms with van der Waals surface area (Å²) in [6, 6.07) is 10.0. The molecule has 37 heavy (non-hydrogen) atoms.